The number of hydrogen-bond donors (Lipinski definition) is 0. The predicted molar refractivity (Wildman–Crippen MR) is 48.4 cm³/mol. The van der Waals surface area contributed by atoms with E-state index in [2.05, 4.69) is 19.9 Å². The van der Waals surface area contributed by atoms with Gasteiger partial charge in [0.2, 0.25) is 0 Å². The average Bonchev–Trinajstić information content (AvgIpc) is 2.60. The molecule has 0 heterocycles. The number of hydrogen-bond acceptors (Lipinski definition) is 0. The maximum Gasteiger partial charge on any atom is -0.00849 e. The van der Waals surface area contributed by atoms with Crippen LogP contribution in [0.25, 0.3) is 0 Å². The van der Waals surface area contributed by atoms with E-state index in [0.29, 0.717) is 5.41 Å². The largest absolute Gasteiger partial charge is 0.0816 e. The maximum absolute atomic E-state index is 2.56. The van der Waals surface area contributed by atoms with Gasteiger partial charge in [-0.3, -0.25) is 0 Å². The van der Waals surface area contributed by atoms with Crippen LogP contribution in [0.1, 0.15) is 46.0 Å². The summed E-state index contributed by atoms with van der Waals surface area (Å²) in [5.41, 5.74) is 2.45. The monoisotopic (exact) mass is 150 g/mol. The van der Waals surface area contributed by atoms with Crippen LogP contribution >= 0.6 is 0 Å². The first kappa shape index (κ1) is 7.39. The lowest BCUT2D eigenvalue weighted by molar-refractivity contribution is 0.354. The standard InChI is InChI=1S/C11H18/c1-3-10-7-9-5-6-11(10,4-2)8-9/h7,9H,3-6,8H2,1-2H3. The predicted octanol–water partition coefficient (Wildman–Crippen LogP) is 3.53. The molecular weight excluding hydrogens is 132 g/mol. The van der Waals surface area contributed by atoms with Crippen LogP contribution in [0.5, 0.6) is 0 Å². The third kappa shape index (κ3) is 0.881. The second kappa shape index (κ2) is 2.36. The highest BCUT2D eigenvalue weighted by Gasteiger charge is 2.43. The zero-order valence-corrected chi connectivity index (χ0v) is 7.69. The third-order valence-electron chi connectivity index (χ3n) is 3.82. The lowest BCUT2D eigenvalue weighted by Gasteiger charge is -2.28. The van der Waals surface area contributed by atoms with Gasteiger partial charge in [-0.25, -0.2) is 0 Å². The molecule has 0 aromatic carbocycles. The van der Waals surface area contributed by atoms with Crippen LogP contribution in [0, 0.1) is 11.3 Å². The van der Waals surface area contributed by atoms with Gasteiger partial charge in [-0.1, -0.05) is 25.5 Å². The summed E-state index contributed by atoms with van der Waals surface area (Å²) in [5, 5.41) is 0. The van der Waals surface area contributed by atoms with E-state index in [1.165, 1.54) is 32.1 Å². The summed E-state index contributed by atoms with van der Waals surface area (Å²) in [5.74, 6) is 0.963. The lowest BCUT2D eigenvalue weighted by Crippen LogP contribution is -2.15. The van der Waals surface area contributed by atoms with Crippen molar-refractivity contribution in [3.05, 3.63) is 11.6 Å². The molecule has 0 amide bonds. The van der Waals surface area contributed by atoms with Crippen LogP contribution in [0.4, 0.5) is 0 Å². The summed E-state index contributed by atoms with van der Waals surface area (Å²) in [6.07, 6.45) is 9.67. The van der Waals surface area contributed by atoms with Crippen LogP contribution in [-0.2, 0) is 0 Å². The van der Waals surface area contributed by atoms with Gasteiger partial charge in [-0.2, -0.15) is 0 Å². The fraction of sp³-hybridized carbons (Fsp3) is 0.818. The molecule has 0 nitrogen and oxygen atoms in total. The Labute approximate surface area is 69.7 Å². The van der Waals surface area contributed by atoms with E-state index in [4.69, 9.17) is 0 Å². The Hall–Kier alpha value is -0.260. The van der Waals surface area contributed by atoms with Crippen molar-refractivity contribution >= 4 is 0 Å². The zero-order valence-electron chi connectivity index (χ0n) is 7.69. The topological polar surface area (TPSA) is 0 Å². The fourth-order valence-corrected chi connectivity index (χ4v) is 3.10. The molecular formula is C11H18. The molecule has 62 valence electrons. The van der Waals surface area contributed by atoms with Crippen molar-refractivity contribution in [3.8, 4) is 0 Å². The molecule has 0 aromatic rings. The average molecular weight is 150 g/mol. The van der Waals surface area contributed by atoms with Crippen molar-refractivity contribution in [2.24, 2.45) is 11.3 Å². The maximum atomic E-state index is 2.56. The summed E-state index contributed by atoms with van der Waals surface area (Å²) in [6.45, 7) is 4.67. The number of fused-ring (bicyclic) bond motifs is 2. The quantitative estimate of drug-likeness (QED) is 0.528. The van der Waals surface area contributed by atoms with Gasteiger partial charge in [0.05, 0.1) is 0 Å². The Morgan fingerprint density at radius 3 is 2.82 bits per heavy atom. The van der Waals surface area contributed by atoms with Gasteiger partial charge in [-0.05, 0) is 43.4 Å². The van der Waals surface area contributed by atoms with Crippen LogP contribution < -0.4 is 0 Å². The van der Waals surface area contributed by atoms with E-state index < -0.39 is 0 Å². The van der Waals surface area contributed by atoms with E-state index in [0.717, 1.165) is 5.92 Å². The summed E-state index contributed by atoms with van der Waals surface area (Å²) in [7, 11) is 0. The summed E-state index contributed by atoms with van der Waals surface area (Å²) >= 11 is 0. The van der Waals surface area contributed by atoms with Gasteiger partial charge in [-0.15, -0.1) is 0 Å². The Kier molecular flexibility index (Phi) is 1.59. The highest BCUT2D eigenvalue weighted by molar-refractivity contribution is 5.26. The van der Waals surface area contributed by atoms with Gasteiger partial charge >= 0.3 is 0 Å². The fourth-order valence-electron chi connectivity index (χ4n) is 3.10. The number of rotatable bonds is 2. The van der Waals surface area contributed by atoms with E-state index in [1.54, 1.807) is 5.57 Å². The molecule has 0 N–H and O–H groups in total. The molecule has 1 saturated carbocycles. The van der Waals surface area contributed by atoms with E-state index >= 15 is 0 Å². The van der Waals surface area contributed by atoms with Crippen molar-refractivity contribution < 1.29 is 0 Å². The molecule has 0 aliphatic heterocycles. The van der Waals surface area contributed by atoms with Gasteiger partial charge < -0.3 is 0 Å². The molecule has 2 atom stereocenters. The van der Waals surface area contributed by atoms with E-state index in [-0.39, 0.29) is 0 Å². The third-order valence-corrected chi connectivity index (χ3v) is 3.82. The van der Waals surface area contributed by atoms with Crippen molar-refractivity contribution in [1.29, 1.82) is 0 Å². The molecule has 11 heavy (non-hydrogen) atoms. The smallest absolute Gasteiger partial charge is 0.00849 e. The second-order valence-electron chi connectivity index (χ2n) is 4.18. The first-order valence-corrected chi connectivity index (χ1v) is 5.02. The summed E-state index contributed by atoms with van der Waals surface area (Å²) < 4.78 is 0. The van der Waals surface area contributed by atoms with E-state index in [9.17, 15) is 0 Å². The Morgan fingerprint density at radius 1 is 1.55 bits per heavy atom. The van der Waals surface area contributed by atoms with Crippen LogP contribution in [-0.4, -0.2) is 0 Å². The first-order valence-electron chi connectivity index (χ1n) is 5.02. The Balaban J connectivity index is 2.27. The van der Waals surface area contributed by atoms with Crippen LogP contribution in [0.2, 0.25) is 0 Å². The van der Waals surface area contributed by atoms with Gasteiger partial charge in [0, 0.05) is 0 Å². The zero-order chi connectivity index (χ0) is 7.90. The molecule has 2 aliphatic carbocycles. The SMILES string of the molecule is CCC1=CC2CCC1(CC)C2. The van der Waals surface area contributed by atoms with Crippen LogP contribution in [0.3, 0.4) is 0 Å². The van der Waals surface area contributed by atoms with Crippen LogP contribution in [0.15, 0.2) is 11.6 Å². The van der Waals surface area contributed by atoms with Crippen molar-refractivity contribution in [2.75, 3.05) is 0 Å². The first-order chi connectivity index (χ1) is 5.30. The molecule has 0 saturated heterocycles. The molecule has 1 fully saturated rings. The van der Waals surface area contributed by atoms with Gasteiger partial charge in [0.1, 0.15) is 0 Å². The Morgan fingerprint density at radius 2 is 2.36 bits per heavy atom. The molecule has 2 bridgehead atoms. The molecule has 2 rings (SSSR count). The van der Waals surface area contributed by atoms with Gasteiger partial charge in [0.25, 0.3) is 0 Å². The normalized spacial score (nSPS) is 41.3. The molecule has 0 radical (unpaired) electrons. The minimum atomic E-state index is 0.680. The molecule has 0 spiro atoms. The summed E-state index contributed by atoms with van der Waals surface area (Å²) in [6, 6.07) is 0. The van der Waals surface area contributed by atoms with Crippen molar-refractivity contribution in [1.82, 2.24) is 0 Å². The second-order valence-corrected chi connectivity index (χ2v) is 4.18. The molecule has 0 aromatic heterocycles. The molecule has 2 aliphatic rings. The molecule has 0 heteroatoms. The minimum Gasteiger partial charge on any atom is -0.0816 e. The highest BCUT2D eigenvalue weighted by atomic mass is 14.5. The van der Waals surface area contributed by atoms with Crippen molar-refractivity contribution in [2.45, 2.75) is 46.0 Å². The minimum absolute atomic E-state index is 0.680. The highest BCUT2D eigenvalue weighted by Crippen LogP contribution is 2.56. The molecule has 2 unspecified atom stereocenters. The summed E-state index contributed by atoms with van der Waals surface area (Å²) in [4.78, 5) is 0. The van der Waals surface area contributed by atoms with E-state index in [1.807, 2.05) is 0 Å². The number of allylic oxidation sites excluding steroid dienone is 2. The van der Waals surface area contributed by atoms with Gasteiger partial charge in [0.15, 0.2) is 0 Å². The van der Waals surface area contributed by atoms with Crippen molar-refractivity contribution in [3.63, 3.8) is 0 Å². The lowest BCUT2D eigenvalue weighted by atomic mass is 9.77. The Bertz CT molecular complexity index is 190.